The minimum atomic E-state index is 0.216. The van der Waals surface area contributed by atoms with Crippen LogP contribution in [0, 0.1) is 0 Å². The first-order valence-corrected chi connectivity index (χ1v) is 5.31. The quantitative estimate of drug-likeness (QED) is 0.460. The van der Waals surface area contributed by atoms with Crippen LogP contribution in [0.4, 0.5) is 0 Å². The maximum atomic E-state index is 4.93. The SMILES string of the molecule is S=S1CC=CS1. The topological polar surface area (TPSA) is 0 Å². The summed E-state index contributed by atoms with van der Waals surface area (Å²) in [6.45, 7) is 0. The highest BCUT2D eigenvalue weighted by Gasteiger charge is 1.93. The molecular weight excluding hydrogens is 132 g/mol. The zero-order valence-corrected chi connectivity index (χ0v) is 5.54. The average Bonchev–Trinajstić information content (AvgIpc) is 1.86. The highest BCUT2D eigenvalue weighted by Crippen LogP contribution is 2.16. The molecule has 0 saturated heterocycles. The van der Waals surface area contributed by atoms with Crippen LogP contribution in [0.5, 0.6) is 0 Å². The lowest BCUT2D eigenvalue weighted by molar-refractivity contribution is 1.84. The second-order valence-electron chi connectivity index (χ2n) is 0.938. The Morgan fingerprint density at radius 3 is 2.83 bits per heavy atom. The zero-order valence-electron chi connectivity index (χ0n) is 3.09. The van der Waals surface area contributed by atoms with Gasteiger partial charge in [-0.1, -0.05) is 25.4 Å². The Morgan fingerprint density at radius 2 is 2.67 bits per heavy atom. The summed E-state index contributed by atoms with van der Waals surface area (Å²) in [5.41, 5.74) is 0. The van der Waals surface area contributed by atoms with Gasteiger partial charge in [0.05, 0.1) is 0 Å². The van der Waals surface area contributed by atoms with Crippen LogP contribution in [0.15, 0.2) is 11.5 Å². The summed E-state index contributed by atoms with van der Waals surface area (Å²) in [4.78, 5) is 0. The molecule has 0 aromatic carbocycles. The molecule has 0 fully saturated rings. The van der Waals surface area contributed by atoms with Crippen LogP contribution in [-0.4, -0.2) is 5.75 Å². The molecule has 0 nitrogen and oxygen atoms in total. The molecule has 0 bridgehead atoms. The molecule has 1 heterocycles. The molecule has 0 spiro atoms. The summed E-state index contributed by atoms with van der Waals surface area (Å²) in [5.74, 6) is 1.11. The zero-order chi connectivity index (χ0) is 4.41. The van der Waals surface area contributed by atoms with Gasteiger partial charge in [0.25, 0.3) is 0 Å². The monoisotopic (exact) mass is 136 g/mol. The fourth-order valence-corrected chi connectivity index (χ4v) is 2.73. The Balaban J connectivity index is 2.52. The molecule has 1 aliphatic heterocycles. The molecule has 1 aliphatic rings. The van der Waals surface area contributed by atoms with Gasteiger partial charge in [0.2, 0.25) is 0 Å². The highest BCUT2D eigenvalue weighted by molar-refractivity contribution is 8.84. The first-order valence-electron chi connectivity index (χ1n) is 1.60. The van der Waals surface area contributed by atoms with Gasteiger partial charge in [0.1, 0.15) is 0 Å². The maximum absolute atomic E-state index is 4.93. The molecule has 0 saturated carbocycles. The van der Waals surface area contributed by atoms with E-state index in [1.165, 1.54) is 0 Å². The lowest BCUT2D eigenvalue weighted by Gasteiger charge is -1.80. The average molecular weight is 136 g/mol. The molecule has 0 N–H and O–H groups in total. The fraction of sp³-hybridized carbons (Fsp3) is 0.333. The van der Waals surface area contributed by atoms with E-state index in [0.29, 0.717) is 0 Å². The summed E-state index contributed by atoms with van der Waals surface area (Å²) >= 11 is 4.93. The summed E-state index contributed by atoms with van der Waals surface area (Å²) in [6, 6.07) is 0. The van der Waals surface area contributed by atoms with Gasteiger partial charge in [0.15, 0.2) is 0 Å². The van der Waals surface area contributed by atoms with E-state index in [2.05, 4.69) is 11.5 Å². The molecule has 0 aliphatic carbocycles. The smallest absolute Gasteiger partial charge is 0.0269 e. The number of rotatable bonds is 0. The van der Waals surface area contributed by atoms with Crippen LogP contribution >= 0.6 is 10.8 Å². The normalized spacial score (nSPS) is 31.7. The van der Waals surface area contributed by atoms with E-state index in [4.69, 9.17) is 11.2 Å². The highest BCUT2D eigenvalue weighted by atomic mass is 33.3. The van der Waals surface area contributed by atoms with Gasteiger partial charge in [-0.25, -0.2) is 0 Å². The van der Waals surface area contributed by atoms with Crippen molar-refractivity contribution in [1.29, 1.82) is 0 Å². The molecule has 1 unspecified atom stereocenters. The van der Waals surface area contributed by atoms with Crippen LogP contribution in [0.2, 0.25) is 0 Å². The predicted molar refractivity (Wildman–Crippen MR) is 36.3 cm³/mol. The molecule has 0 aromatic rings. The standard InChI is InChI=1S/C3H4S3/c4-6-3-1-2-5-6/h1-2H,3H2. The van der Waals surface area contributed by atoms with E-state index in [1.54, 1.807) is 10.8 Å². The van der Waals surface area contributed by atoms with Gasteiger partial charge >= 0.3 is 0 Å². The van der Waals surface area contributed by atoms with Crippen LogP contribution in [0.1, 0.15) is 0 Å². The largest absolute Gasteiger partial charge is 0.0662 e. The van der Waals surface area contributed by atoms with Crippen LogP contribution in [-0.2, 0) is 19.7 Å². The molecule has 6 heavy (non-hydrogen) atoms. The van der Waals surface area contributed by atoms with Gasteiger partial charge in [-0.15, -0.1) is 0 Å². The Morgan fingerprint density at radius 1 is 1.83 bits per heavy atom. The molecule has 1 rings (SSSR count). The Bertz CT molecular complexity index is 84.2. The van der Waals surface area contributed by atoms with Gasteiger partial charge in [-0.3, -0.25) is 0 Å². The summed E-state index contributed by atoms with van der Waals surface area (Å²) in [6.07, 6.45) is 2.13. The fourth-order valence-electron chi connectivity index (χ4n) is 0.258. The van der Waals surface area contributed by atoms with E-state index in [0.717, 1.165) is 5.75 Å². The van der Waals surface area contributed by atoms with E-state index >= 15 is 0 Å². The summed E-state index contributed by atoms with van der Waals surface area (Å²) < 4.78 is 0. The molecule has 0 aromatic heterocycles. The second kappa shape index (κ2) is 2.09. The first kappa shape index (κ1) is 4.81. The Labute approximate surface area is 48.0 Å². The number of hydrogen-bond donors (Lipinski definition) is 0. The maximum Gasteiger partial charge on any atom is 0.0269 e. The van der Waals surface area contributed by atoms with Gasteiger partial charge in [-0.05, 0) is 16.6 Å². The molecule has 3 heteroatoms. The van der Waals surface area contributed by atoms with Crippen molar-refractivity contribution in [3.63, 3.8) is 0 Å². The number of hydrogen-bond acceptors (Lipinski definition) is 2. The van der Waals surface area contributed by atoms with Crippen molar-refractivity contribution < 1.29 is 0 Å². The third-order valence-electron chi connectivity index (χ3n) is 0.491. The molecule has 34 valence electrons. The van der Waals surface area contributed by atoms with Crippen LogP contribution in [0.3, 0.4) is 0 Å². The van der Waals surface area contributed by atoms with Gasteiger partial charge in [0, 0.05) is 5.75 Å². The lowest BCUT2D eigenvalue weighted by atomic mass is 10.8. The van der Waals surface area contributed by atoms with Gasteiger partial charge < -0.3 is 0 Å². The van der Waals surface area contributed by atoms with Crippen molar-refractivity contribution in [1.82, 2.24) is 0 Å². The lowest BCUT2D eigenvalue weighted by Crippen LogP contribution is -1.72. The van der Waals surface area contributed by atoms with E-state index in [1.807, 2.05) is 0 Å². The van der Waals surface area contributed by atoms with E-state index in [9.17, 15) is 0 Å². The van der Waals surface area contributed by atoms with Crippen molar-refractivity contribution in [3.05, 3.63) is 11.5 Å². The van der Waals surface area contributed by atoms with Gasteiger partial charge in [-0.2, -0.15) is 0 Å². The molecule has 0 amide bonds. The van der Waals surface area contributed by atoms with Crippen molar-refractivity contribution in [2.45, 2.75) is 0 Å². The first-order chi connectivity index (χ1) is 2.89. The predicted octanol–water partition coefficient (Wildman–Crippen LogP) is 1.24. The third kappa shape index (κ3) is 1.06. The molecule has 1 atom stereocenters. The minimum Gasteiger partial charge on any atom is -0.0662 e. The summed E-state index contributed by atoms with van der Waals surface area (Å²) in [5, 5.41) is 2.08. The van der Waals surface area contributed by atoms with Crippen molar-refractivity contribution in [2.24, 2.45) is 0 Å². The third-order valence-corrected chi connectivity index (χ3v) is 3.98. The van der Waals surface area contributed by atoms with E-state index in [-0.39, 0.29) is 8.49 Å². The Hall–Kier alpha value is 0.660. The molecular formula is C3H4S3. The van der Waals surface area contributed by atoms with Crippen molar-refractivity contribution in [2.75, 3.05) is 5.75 Å². The van der Waals surface area contributed by atoms with Crippen molar-refractivity contribution in [3.8, 4) is 0 Å². The van der Waals surface area contributed by atoms with Crippen LogP contribution in [0.25, 0.3) is 0 Å². The van der Waals surface area contributed by atoms with Crippen molar-refractivity contribution >= 4 is 30.5 Å². The second-order valence-corrected chi connectivity index (χ2v) is 5.97. The minimum absolute atomic E-state index is 0.216. The van der Waals surface area contributed by atoms with E-state index < -0.39 is 0 Å². The van der Waals surface area contributed by atoms with Crippen LogP contribution < -0.4 is 0 Å². The molecule has 0 radical (unpaired) electrons. The summed E-state index contributed by atoms with van der Waals surface area (Å²) in [7, 11) is 1.98. The Kier molecular flexibility index (Phi) is 1.68.